The van der Waals surface area contributed by atoms with Crippen LogP contribution in [0.2, 0.25) is 0 Å². The normalized spacial score (nSPS) is 19.9. The third kappa shape index (κ3) is 6.39. The van der Waals surface area contributed by atoms with E-state index in [-0.39, 0.29) is 17.1 Å². The number of rotatable bonds is 3. The second-order valence-corrected chi connectivity index (χ2v) is 4.26. The number of aliphatic hydroxyl groups is 1. The Morgan fingerprint density at radius 2 is 1.35 bits per heavy atom. The Hall–Kier alpha value is -0.371. The molecule has 0 amide bonds. The van der Waals surface area contributed by atoms with Gasteiger partial charge in [0.1, 0.15) is 0 Å². The van der Waals surface area contributed by atoms with E-state index in [0.29, 0.717) is 6.42 Å². The van der Waals surface area contributed by atoms with E-state index in [1.807, 2.05) is 69.9 Å². The van der Waals surface area contributed by atoms with Gasteiger partial charge in [-0.05, 0) is 81.9 Å². The molecule has 2 aliphatic carbocycles. The quantitative estimate of drug-likeness (QED) is 0.870. The number of aliphatic hydroxyl groups excluding tert-OH is 1. The Labute approximate surface area is 133 Å². The van der Waals surface area contributed by atoms with Crippen LogP contribution in [0.15, 0.2) is 24.5 Å². The van der Waals surface area contributed by atoms with Gasteiger partial charge in [0.15, 0.2) is 0 Å². The van der Waals surface area contributed by atoms with Gasteiger partial charge in [0, 0.05) is 18.3 Å². The number of pyridine rings is 1. The maximum atomic E-state index is 9.84. The van der Waals surface area contributed by atoms with Crippen molar-refractivity contribution < 1.29 is 22.2 Å². The van der Waals surface area contributed by atoms with E-state index < -0.39 is 6.10 Å². The summed E-state index contributed by atoms with van der Waals surface area (Å²) in [6, 6.07) is 3.85. The van der Waals surface area contributed by atoms with Crippen molar-refractivity contribution in [1.29, 1.82) is 0 Å². The van der Waals surface area contributed by atoms with Crippen molar-refractivity contribution in [1.82, 2.24) is 4.98 Å². The van der Waals surface area contributed by atoms with Gasteiger partial charge in [0.2, 0.25) is 0 Å². The van der Waals surface area contributed by atoms with Gasteiger partial charge in [-0.3, -0.25) is 4.98 Å². The van der Waals surface area contributed by atoms with Crippen LogP contribution in [0.5, 0.6) is 0 Å². The summed E-state index contributed by atoms with van der Waals surface area (Å²) in [7, 11) is 0. The van der Waals surface area contributed by atoms with Crippen molar-refractivity contribution in [2.75, 3.05) is 0 Å². The fourth-order valence-corrected chi connectivity index (χ4v) is 1.79. The number of hydrogen-bond donors (Lipinski definition) is 1. The molecule has 1 aromatic rings. The Morgan fingerprint density at radius 1 is 0.850 bits per heavy atom. The first kappa shape index (κ1) is 17.7. The molecule has 0 bridgehead atoms. The zero-order valence-corrected chi connectivity index (χ0v) is 12.1. The zero-order valence-electron chi connectivity index (χ0n) is 11.0. The summed E-state index contributed by atoms with van der Waals surface area (Å²) in [4.78, 5) is 3.93. The van der Waals surface area contributed by atoms with E-state index in [1.165, 1.54) is 0 Å². The van der Waals surface area contributed by atoms with E-state index in [9.17, 15) is 5.11 Å². The molecule has 1 unspecified atom stereocenters. The van der Waals surface area contributed by atoms with Crippen LogP contribution in [0.4, 0.5) is 0 Å². The average molecular weight is 307 g/mol. The SMILES string of the molecule is OC(Cc1ccncc1)[C]1[CH][CH][CH][CH]1.[CH]1[CH][CH][CH][CH]1.[Fe+2]. The molecule has 0 aromatic carbocycles. The van der Waals surface area contributed by atoms with Crippen LogP contribution in [-0.4, -0.2) is 16.2 Å². The standard InChI is InChI=1S/C12H12NO.C5H5.Fe/c14-12(11-3-1-2-4-11)9-10-5-7-13-8-6-10;1-2-4-5-3-1;/h1-8,12,14H,9H2;1-5H;/q;;+2. The van der Waals surface area contributed by atoms with Crippen molar-refractivity contribution in [3.63, 3.8) is 0 Å². The zero-order chi connectivity index (χ0) is 13.3. The molecule has 1 N–H and O–H groups in total. The number of nitrogens with zero attached hydrogens (tertiary/aromatic N) is 1. The summed E-state index contributed by atoms with van der Waals surface area (Å²) in [6.45, 7) is 0. The van der Waals surface area contributed by atoms with Gasteiger partial charge >= 0.3 is 17.1 Å². The molecule has 0 aliphatic heterocycles. The molecule has 2 saturated carbocycles. The summed E-state index contributed by atoms with van der Waals surface area (Å²) in [5.41, 5.74) is 1.11. The minimum atomic E-state index is -0.410. The smallest absolute Gasteiger partial charge is 0.392 e. The van der Waals surface area contributed by atoms with Crippen molar-refractivity contribution >= 4 is 0 Å². The van der Waals surface area contributed by atoms with Crippen LogP contribution in [-0.2, 0) is 23.5 Å². The van der Waals surface area contributed by atoms with Crippen LogP contribution in [0.3, 0.4) is 0 Å². The maximum absolute atomic E-state index is 9.84. The Bertz CT molecular complexity index is 326. The molecule has 102 valence electrons. The Kier molecular flexibility index (Phi) is 9.17. The monoisotopic (exact) mass is 307 g/mol. The van der Waals surface area contributed by atoms with Gasteiger partial charge in [0.25, 0.3) is 0 Å². The number of aromatic nitrogens is 1. The van der Waals surface area contributed by atoms with Crippen molar-refractivity contribution in [2.45, 2.75) is 12.5 Å². The molecule has 0 spiro atoms. The second-order valence-electron chi connectivity index (χ2n) is 4.26. The molecule has 10 radical (unpaired) electrons. The molecule has 1 heterocycles. The summed E-state index contributed by atoms with van der Waals surface area (Å²) in [5.74, 6) is 0.974. The predicted molar refractivity (Wildman–Crippen MR) is 75.9 cm³/mol. The molecular weight excluding hydrogens is 290 g/mol. The van der Waals surface area contributed by atoms with E-state index in [2.05, 4.69) is 4.98 Å². The third-order valence-corrected chi connectivity index (χ3v) is 2.81. The largest absolute Gasteiger partial charge is 2.00 e. The Balaban J connectivity index is 0.000000283. The van der Waals surface area contributed by atoms with Gasteiger partial charge in [0.05, 0.1) is 6.10 Å². The van der Waals surface area contributed by atoms with Crippen LogP contribution >= 0.6 is 0 Å². The second kappa shape index (κ2) is 10.4. The van der Waals surface area contributed by atoms with Crippen LogP contribution in [0, 0.1) is 63.7 Å². The molecule has 2 fully saturated rings. The fraction of sp³-hybridized carbons (Fsp3) is 0.118. The first-order valence-corrected chi connectivity index (χ1v) is 6.31. The van der Waals surface area contributed by atoms with Gasteiger partial charge in [-0.25, -0.2) is 0 Å². The molecule has 1 aromatic heterocycles. The van der Waals surface area contributed by atoms with Crippen LogP contribution in [0.1, 0.15) is 5.56 Å². The molecular formula is C17H17FeNO+2. The van der Waals surface area contributed by atoms with E-state index >= 15 is 0 Å². The molecule has 1 atom stereocenters. The van der Waals surface area contributed by atoms with Crippen molar-refractivity contribution in [2.24, 2.45) is 0 Å². The van der Waals surface area contributed by atoms with Crippen LogP contribution in [0.25, 0.3) is 0 Å². The summed E-state index contributed by atoms with van der Waals surface area (Å²) in [6.07, 6.45) is 21.5. The van der Waals surface area contributed by atoms with E-state index in [0.717, 1.165) is 11.5 Å². The topological polar surface area (TPSA) is 33.1 Å². The maximum Gasteiger partial charge on any atom is 2.00 e. The molecule has 0 saturated heterocycles. The van der Waals surface area contributed by atoms with Gasteiger partial charge in [-0.1, -0.05) is 0 Å². The summed E-state index contributed by atoms with van der Waals surface area (Å²) >= 11 is 0. The molecule has 20 heavy (non-hydrogen) atoms. The van der Waals surface area contributed by atoms with Gasteiger partial charge < -0.3 is 5.11 Å². The van der Waals surface area contributed by atoms with E-state index in [4.69, 9.17) is 0 Å². The molecule has 2 nitrogen and oxygen atoms in total. The Morgan fingerprint density at radius 3 is 1.85 bits per heavy atom. The third-order valence-electron chi connectivity index (χ3n) is 2.81. The first-order valence-electron chi connectivity index (χ1n) is 6.31. The van der Waals surface area contributed by atoms with Crippen molar-refractivity contribution in [3.05, 3.63) is 93.8 Å². The number of hydrogen-bond acceptors (Lipinski definition) is 2. The predicted octanol–water partition coefficient (Wildman–Crippen LogP) is 2.41. The van der Waals surface area contributed by atoms with Gasteiger partial charge in [-0.15, -0.1) is 0 Å². The average Bonchev–Trinajstić information content (AvgIpc) is 3.16. The van der Waals surface area contributed by atoms with Crippen LogP contribution < -0.4 is 0 Å². The summed E-state index contributed by atoms with van der Waals surface area (Å²) < 4.78 is 0. The fourth-order valence-electron chi connectivity index (χ4n) is 1.79. The molecule has 3 rings (SSSR count). The van der Waals surface area contributed by atoms with E-state index in [1.54, 1.807) is 12.4 Å². The minimum absolute atomic E-state index is 0. The first-order chi connectivity index (χ1) is 9.36. The minimum Gasteiger partial charge on any atom is -0.392 e. The van der Waals surface area contributed by atoms with Gasteiger partial charge in [-0.2, -0.15) is 0 Å². The molecule has 2 aliphatic rings. The van der Waals surface area contributed by atoms with Crippen molar-refractivity contribution in [3.8, 4) is 0 Å². The summed E-state index contributed by atoms with van der Waals surface area (Å²) in [5, 5.41) is 9.84. The molecule has 3 heteroatoms.